The molecule has 19 heavy (non-hydrogen) atoms. The fourth-order valence-corrected chi connectivity index (χ4v) is 2.49. The molecule has 5 heteroatoms. The van der Waals surface area contributed by atoms with Crippen molar-refractivity contribution in [2.75, 3.05) is 5.32 Å². The van der Waals surface area contributed by atoms with Crippen LogP contribution in [0.5, 0.6) is 0 Å². The molecule has 2 aromatic carbocycles. The number of anilines is 1. The fourth-order valence-electron chi connectivity index (χ4n) is 1.61. The summed E-state index contributed by atoms with van der Waals surface area (Å²) in [5.41, 5.74) is 1.85. The molecule has 0 radical (unpaired) electrons. The molecule has 0 heterocycles. The zero-order chi connectivity index (χ0) is 14.0. The Morgan fingerprint density at radius 3 is 2.74 bits per heavy atom. The Labute approximate surface area is 132 Å². The highest BCUT2D eigenvalue weighted by Crippen LogP contribution is 2.24. The van der Waals surface area contributed by atoms with Gasteiger partial charge in [0.2, 0.25) is 0 Å². The summed E-state index contributed by atoms with van der Waals surface area (Å²) in [6.45, 7) is 1.75. The van der Waals surface area contributed by atoms with E-state index in [1.807, 2.05) is 12.1 Å². The first-order chi connectivity index (χ1) is 8.97. The summed E-state index contributed by atoms with van der Waals surface area (Å²) in [7, 11) is 0. The van der Waals surface area contributed by atoms with Crippen LogP contribution in [0.25, 0.3) is 0 Å². The minimum Gasteiger partial charge on any atom is -0.322 e. The normalized spacial score (nSPS) is 10.3. The Morgan fingerprint density at radius 1 is 1.32 bits per heavy atom. The SMILES string of the molecule is Cc1cc(F)c(Br)cc1NC(=O)c1cccc(I)c1. The number of nitrogens with one attached hydrogen (secondary N) is 1. The first kappa shape index (κ1) is 14.5. The van der Waals surface area contributed by atoms with Crippen LogP contribution in [0, 0.1) is 16.3 Å². The number of hydrogen-bond donors (Lipinski definition) is 1. The van der Waals surface area contributed by atoms with E-state index < -0.39 is 0 Å². The zero-order valence-corrected chi connectivity index (χ0v) is 13.7. The summed E-state index contributed by atoms with van der Waals surface area (Å²) in [4.78, 5) is 12.1. The molecule has 1 amide bonds. The van der Waals surface area contributed by atoms with Gasteiger partial charge in [-0.25, -0.2) is 4.39 Å². The third-order valence-electron chi connectivity index (χ3n) is 2.60. The summed E-state index contributed by atoms with van der Waals surface area (Å²) >= 11 is 5.26. The van der Waals surface area contributed by atoms with Crippen LogP contribution >= 0.6 is 38.5 Å². The average molecular weight is 434 g/mol. The van der Waals surface area contributed by atoms with Crippen LogP contribution in [0.1, 0.15) is 15.9 Å². The van der Waals surface area contributed by atoms with Crippen LogP contribution in [0.4, 0.5) is 10.1 Å². The van der Waals surface area contributed by atoms with Crippen LogP contribution in [0.15, 0.2) is 40.9 Å². The van der Waals surface area contributed by atoms with Crippen molar-refractivity contribution in [3.05, 3.63) is 61.4 Å². The third-order valence-corrected chi connectivity index (χ3v) is 3.88. The van der Waals surface area contributed by atoms with E-state index in [4.69, 9.17) is 0 Å². The van der Waals surface area contributed by atoms with E-state index in [0.29, 0.717) is 21.3 Å². The first-order valence-electron chi connectivity index (χ1n) is 5.50. The number of carbonyl (C=O) groups is 1. The van der Waals surface area contributed by atoms with E-state index >= 15 is 0 Å². The van der Waals surface area contributed by atoms with Gasteiger partial charge in [0, 0.05) is 14.8 Å². The molecule has 1 N–H and O–H groups in total. The molecule has 0 aliphatic carbocycles. The number of amides is 1. The van der Waals surface area contributed by atoms with E-state index in [1.54, 1.807) is 25.1 Å². The van der Waals surface area contributed by atoms with Crippen molar-refractivity contribution in [2.45, 2.75) is 6.92 Å². The smallest absolute Gasteiger partial charge is 0.255 e. The van der Waals surface area contributed by atoms with E-state index in [1.165, 1.54) is 6.07 Å². The van der Waals surface area contributed by atoms with Gasteiger partial charge in [-0.3, -0.25) is 4.79 Å². The molecule has 98 valence electrons. The fraction of sp³-hybridized carbons (Fsp3) is 0.0714. The number of hydrogen-bond acceptors (Lipinski definition) is 1. The van der Waals surface area contributed by atoms with Gasteiger partial charge in [-0.1, -0.05) is 6.07 Å². The quantitative estimate of drug-likeness (QED) is 0.680. The maximum absolute atomic E-state index is 13.3. The number of carbonyl (C=O) groups excluding carboxylic acids is 1. The predicted molar refractivity (Wildman–Crippen MR) is 85.9 cm³/mol. The lowest BCUT2D eigenvalue weighted by Crippen LogP contribution is -2.13. The van der Waals surface area contributed by atoms with Crippen molar-refractivity contribution in [1.82, 2.24) is 0 Å². The standard InChI is InChI=1S/C14H10BrFINO/c1-8-5-12(16)11(15)7-13(8)18-14(19)9-3-2-4-10(17)6-9/h2-7H,1H3,(H,18,19). The van der Waals surface area contributed by atoms with Gasteiger partial charge in [0.15, 0.2) is 0 Å². The topological polar surface area (TPSA) is 29.1 Å². The number of benzene rings is 2. The highest BCUT2D eigenvalue weighted by atomic mass is 127. The summed E-state index contributed by atoms with van der Waals surface area (Å²) in [6.07, 6.45) is 0. The van der Waals surface area contributed by atoms with Gasteiger partial charge >= 0.3 is 0 Å². The maximum Gasteiger partial charge on any atom is 0.255 e. The zero-order valence-electron chi connectivity index (χ0n) is 10.0. The summed E-state index contributed by atoms with van der Waals surface area (Å²) in [5.74, 6) is -0.551. The van der Waals surface area contributed by atoms with Gasteiger partial charge in [-0.05, 0) is 81.3 Å². The third kappa shape index (κ3) is 3.54. The largest absolute Gasteiger partial charge is 0.322 e. The number of rotatable bonds is 2. The van der Waals surface area contributed by atoms with Gasteiger partial charge < -0.3 is 5.32 Å². The first-order valence-corrected chi connectivity index (χ1v) is 7.37. The van der Waals surface area contributed by atoms with Crippen molar-refractivity contribution in [2.24, 2.45) is 0 Å². The molecule has 0 aromatic heterocycles. The van der Waals surface area contributed by atoms with Gasteiger partial charge in [0.1, 0.15) is 5.82 Å². The molecule has 0 aliphatic heterocycles. The van der Waals surface area contributed by atoms with Gasteiger partial charge in [-0.15, -0.1) is 0 Å². The van der Waals surface area contributed by atoms with Crippen LogP contribution in [-0.4, -0.2) is 5.91 Å². The van der Waals surface area contributed by atoms with Crippen molar-refractivity contribution in [3.63, 3.8) is 0 Å². The van der Waals surface area contributed by atoms with Crippen molar-refractivity contribution in [3.8, 4) is 0 Å². The molecule has 0 saturated carbocycles. The molecule has 0 spiro atoms. The summed E-state index contributed by atoms with van der Waals surface area (Å²) in [6, 6.07) is 10.2. The van der Waals surface area contributed by atoms with Crippen LogP contribution in [0.3, 0.4) is 0 Å². The Kier molecular flexibility index (Phi) is 4.57. The molecular formula is C14H10BrFINO. The van der Waals surface area contributed by atoms with Crippen LogP contribution < -0.4 is 5.32 Å². The number of aryl methyl sites for hydroxylation is 1. The Balaban J connectivity index is 2.27. The number of halogens is 3. The lowest BCUT2D eigenvalue weighted by molar-refractivity contribution is 0.102. The monoisotopic (exact) mass is 433 g/mol. The van der Waals surface area contributed by atoms with Gasteiger partial charge in [0.05, 0.1) is 4.47 Å². The molecule has 0 saturated heterocycles. The lowest BCUT2D eigenvalue weighted by Gasteiger charge is -2.09. The molecule has 0 aliphatic rings. The Bertz CT molecular complexity index is 645. The van der Waals surface area contributed by atoms with Crippen molar-refractivity contribution < 1.29 is 9.18 Å². The van der Waals surface area contributed by atoms with Crippen LogP contribution in [0.2, 0.25) is 0 Å². The molecule has 0 fully saturated rings. The second-order valence-electron chi connectivity index (χ2n) is 4.05. The average Bonchev–Trinajstić information content (AvgIpc) is 2.36. The Morgan fingerprint density at radius 2 is 2.05 bits per heavy atom. The molecular weight excluding hydrogens is 424 g/mol. The molecule has 0 unspecified atom stereocenters. The lowest BCUT2D eigenvalue weighted by atomic mass is 10.1. The molecule has 0 atom stereocenters. The maximum atomic E-state index is 13.3. The van der Waals surface area contributed by atoms with Gasteiger partial charge in [-0.2, -0.15) is 0 Å². The summed E-state index contributed by atoms with van der Waals surface area (Å²) < 4.78 is 14.6. The van der Waals surface area contributed by atoms with Crippen LogP contribution in [-0.2, 0) is 0 Å². The minimum atomic E-state index is -0.343. The van der Waals surface area contributed by atoms with E-state index in [2.05, 4.69) is 43.8 Å². The van der Waals surface area contributed by atoms with E-state index in [-0.39, 0.29) is 11.7 Å². The van der Waals surface area contributed by atoms with Gasteiger partial charge in [0.25, 0.3) is 5.91 Å². The van der Waals surface area contributed by atoms with Crippen molar-refractivity contribution >= 4 is 50.1 Å². The highest BCUT2D eigenvalue weighted by Gasteiger charge is 2.10. The highest BCUT2D eigenvalue weighted by molar-refractivity contribution is 14.1. The van der Waals surface area contributed by atoms with E-state index in [9.17, 15) is 9.18 Å². The molecule has 0 bridgehead atoms. The molecule has 2 rings (SSSR count). The molecule has 2 nitrogen and oxygen atoms in total. The predicted octanol–water partition coefficient (Wildman–Crippen LogP) is 4.75. The minimum absolute atomic E-state index is 0.208. The second kappa shape index (κ2) is 6.00. The summed E-state index contributed by atoms with van der Waals surface area (Å²) in [5, 5.41) is 2.78. The molecule has 2 aromatic rings. The second-order valence-corrected chi connectivity index (χ2v) is 6.15. The van der Waals surface area contributed by atoms with Crippen molar-refractivity contribution in [1.29, 1.82) is 0 Å². The Hall–Kier alpha value is -0.950. The van der Waals surface area contributed by atoms with E-state index in [0.717, 1.165) is 3.57 Å².